The maximum atomic E-state index is 12.1. The van der Waals surface area contributed by atoms with E-state index in [1.54, 1.807) is 0 Å². The van der Waals surface area contributed by atoms with E-state index in [2.05, 4.69) is 10.6 Å². The number of benzene rings is 2. The lowest BCUT2D eigenvalue weighted by atomic mass is 10.2. The van der Waals surface area contributed by atoms with Crippen molar-refractivity contribution >= 4 is 81.3 Å². The maximum absolute atomic E-state index is 12.1. The molecule has 2 rings (SSSR count). The van der Waals surface area contributed by atoms with E-state index in [0.29, 0.717) is 5.02 Å². The molecule has 0 saturated heterocycles. The Kier molecular flexibility index (Phi) is 6.48. The van der Waals surface area contributed by atoms with Crippen molar-refractivity contribution in [2.45, 2.75) is 0 Å². The number of carbonyl (C=O) groups excluding carboxylic acids is 1. The zero-order chi connectivity index (χ0) is 18.7. The summed E-state index contributed by atoms with van der Waals surface area (Å²) in [6.45, 7) is 0. The molecule has 0 aliphatic heterocycles. The summed E-state index contributed by atoms with van der Waals surface area (Å²) in [7, 11) is 0. The molecule has 0 saturated carbocycles. The molecule has 0 spiro atoms. The first-order valence-electron chi connectivity index (χ1n) is 6.48. The maximum Gasteiger partial charge on any atom is 0.337 e. The highest BCUT2D eigenvalue weighted by atomic mass is 35.5. The van der Waals surface area contributed by atoms with Crippen molar-refractivity contribution in [3.63, 3.8) is 0 Å². The number of aromatic carboxylic acids is 1. The van der Waals surface area contributed by atoms with E-state index in [9.17, 15) is 9.59 Å². The lowest BCUT2D eigenvalue weighted by Gasteiger charge is -2.12. The minimum atomic E-state index is -1.23. The van der Waals surface area contributed by atoms with E-state index in [1.807, 2.05) is 0 Å². The quantitative estimate of drug-likeness (QED) is 0.580. The molecule has 1 amide bonds. The van der Waals surface area contributed by atoms with Crippen molar-refractivity contribution in [3.05, 3.63) is 61.5 Å². The van der Waals surface area contributed by atoms with E-state index in [1.165, 1.54) is 30.3 Å². The van der Waals surface area contributed by atoms with Crippen LogP contribution in [0.2, 0.25) is 20.1 Å². The third-order valence-electron chi connectivity index (χ3n) is 2.94. The number of halogens is 4. The van der Waals surface area contributed by atoms with Crippen LogP contribution in [0.25, 0.3) is 0 Å². The van der Waals surface area contributed by atoms with Gasteiger partial charge in [-0.15, -0.1) is 0 Å². The average molecular weight is 438 g/mol. The van der Waals surface area contributed by atoms with Gasteiger partial charge in [-0.1, -0.05) is 46.4 Å². The average Bonchev–Trinajstić information content (AvgIpc) is 2.52. The molecule has 0 heterocycles. The fourth-order valence-electron chi connectivity index (χ4n) is 1.77. The fourth-order valence-corrected chi connectivity index (χ4v) is 2.79. The number of hydrogen-bond donors (Lipinski definition) is 3. The normalized spacial score (nSPS) is 10.2. The van der Waals surface area contributed by atoms with E-state index in [-0.39, 0.29) is 37.0 Å². The van der Waals surface area contributed by atoms with Crippen LogP contribution in [0.15, 0.2) is 30.3 Å². The Balaban J connectivity index is 2.14. The van der Waals surface area contributed by atoms with Gasteiger partial charge in [0.1, 0.15) is 0 Å². The third kappa shape index (κ3) is 4.96. The molecule has 5 nitrogen and oxygen atoms in total. The Morgan fingerprint density at radius 1 is 0.920 bits per heavy atom. The molecule has 0 aliphatic carbocycles. The Labute approximate surface area is 167 Å². The van der Waals surface area contributed by atoms with E-state index < -0.39 is 11.9 Å². The van der Waals surface area contributed by atoms with Gasteiger partial charge in [0.05, 0.1) is 31.3 Å². The van der Waals surface area contributed by atoms with Crippen molar-refractivity contribution in [2.24, 2.45) is 0 Å². The van der Waals surface area contributed by atoms with Crippen LogP contribution in [0.3, 0.4) is 0 Å². The van der Waals surface area contributed by atoms with Crippen molar-refractivity contribution in [1.29, 1.82) is 0 Å². The number of anilines is 1. The van der Waals surface area contributed by atoms with Gasteiger partial charge in [-0.2, -0.15) is 0 Å². The molecule has 0 bridgehead atoms. The molecule has 0 aromatic heterocycles. The minimum Gasteiger partial charge on any atom is -0.478 e. The SMILES string of the molecule is O=C(NC(=S)Nc1cc(C(=O)O)c(Cl)cc1Cl)c1ccc(Cl)c(Cl)c1. The Hall–Kier alpha value is -1.57. The molecule has 10 heteroatoms. The smallest absolute Gasteiger partial charge is 0.337 e. The van der Waals surface area contributed by atoms with Crippen molar-refractivity contribution < 1.29 is 14.7 Å². The summed E-state index contributed by atoms with van der Waals surface area (Å²) >= 11 is 28.5. The van der Waals surface area contributed by atoms with Crippen LogP contribution in [-0.2, 0) is 0 Å². The van der Waals surface area contributed by atoms with Gasteiger partial charge < -0.3 is 10.4 Å². The lowest BCUT2D eigenvalue weighted by Crippen LogP contribution is -2.34. The van der Waals surface area contributed by atoms with Gasteiger partial charge in [0.2, 0.25) is 0 Å². The van der Waals surface area contributed by atoms with Crippen molar-refractivity contribution in [1.82, 2.24) is 5.32 Å². The van der Waals surface area contributed by atoms with Gasteiger partial charge in [0.25, 0.3) is 5.91 Å². The molecule has 2 aromatic rings. The molecule has 0 unspecified atom stereocenters. The number of hydrogen-bond acceptors (Lipinski definition) is 3. The number of rotatable bonds is 3. The summed E-state index contributed by atoms with van der Waals surface area (Å²) in [5.41, 5.74) is 0.266. The molecule has 3 N–H and O–H groups in total. The second kappa shape index (κ2) is 8.21. The summed E-state index contributed by atoms with van der Waals surface area (Å²) in [6.07, 6.45) is 0. The molecule has 0 radical (unpaired) electrons. The monoisotopic (exact) mass is 436 g/mol. The van der Waals surface area contributed by atoms with Crippen LogP contribution in [-0.4, -0.2) is 22.1 Å². The first-order valence-corrected chi connectivity index (χ1v) is 8.40. The summed E-state index contributed by atoms with van der Waals surface area (Å²) in [5.74, 6) is -1.75. The predicted molar refractivity (Wildman–Crippen MR) is 104 cm³/mol. The number of thiocarbonyl (C=S) groups is 1. The molecule has 25 heavy (non-hydrogen) atoms. The zero-order valence-electron chi connectivity index (χ0n) is 12.1. The number of carboxylic acid groups (broad SMARTS) is 1. The molecule has 0 atom stereocenters. The molecule has 0 fully saturated rings. The van der Waals surface area contributed by atoms with Gasteiger partial charge in [-0.05, 0) is 42.5 Å². The lowest BCUT2D eigenvalue weighted by molar-refractivity contribution is 0.0697. The third-order valence-corrected chi connectivity index (χ3v) is 4.51. The number of carbonyl (C=O) groups is 2. The molecular formula is C15H8Cl4N2O3S. The largest absolute Gasteiger partial charge is 0.478 e. The van der Waals surface area contributed by atoms with Gasteiger partial charge in [0, 0.05) is 5.56 Å². The topological polar surface area (TPSA) is 78.4 Å². The van der Waals surface area contributed by atoms with E-state index in [0.717, 1.165) is 0 Å². The van der Waals surface area contributed by atoms with Crippen LogP contribution >= 0.6 is 58.6 Å². The Morgan fingerprint density at radius 2 is 1.60 bits per heavy atom. The summed E-state index contributed by atoms with van der Waals surface area (Å²) in [6, 6.07) is 6.82. The highest BCUT2D eigenvalue weighted by molar-refractivity contribution is 7.80. The zero-order valence-corrected chi connectivity index (χ0v) is 15.9. The molecule has 130 valence electrons. The number of carboxylic acids is 1. The summed E-state index contributed by atoms with van der Waals surface area (Å²) in [4.78, 5) is 23.2. The number of amides is 1. The second-order valence-electron chi connectivity index (χ2n) is 4.65. The van der Waals surface area contributed by atoms with Gasteiger partial charge in [-0.3, -0.25) is 10.1 Å². The first-order chi connectivity index (χ1) is 11.7. The van der Waals surface area contributed by atoms with Crippen LogP contribution in [0.1, 0.15) is 20.7 Å². The van der Waals surface area contributed by atoms with Crippen molar-refractivity contribution in [2.75, 3.05) is 5.32 Å². The summed E-state index contributed by atoms with van der Waals surface area (Å²) in [5, 5.41) is 14.7. The van der Waals surface area contributed by atoms with Crippen LogP contribution in [0.4, 0.5) is 5.69 Å². The number of nitrogens with one attached hydrogen (secondary N) is 2. The minimum absolute atomic E-state index is 0.0196. The van der Waals surface area contributed by atoms with Crippen LogP contribution < -0.4 is 10.6 Å². The highest BCUT2D eigenvalue weighted by Gasteiger charge is 2.15. The van der Waals surface area contributed by atoms with E-state index >= 15 is 0 Å². The molecular weight excluding hydrogens is 430 g/mol. The summed E-state index contributed by atoms with van der Waals surface area (Å²) < 4.78 is 0. The van der Waals surface area contributed by atoms with Crippen molar-refractivity contribution in [3.8, 4) is 0 Å². The highest BCUT2D eigenvalue weighted by Crippen LogP contribution is 2.29. The standard InChI is InChI=1S/C15H8Cl4N2O3S/c16-8-2-1-6(3-10(8)18)13(22)21-15(25)20-12-4-7(14(23)24)9(17)5-11(12)19/h1-5H,(H,23,24)(H2,20,21,22,25). The first kappa shape index (κ1) is 19.8. The molecule has 2 aromatic carbocycles. The fraction of sp³-hybridized carbons (Fsp3) is 0. The van der Waals surface area contributed by atoms with Crippen LogP contribution in [0, 0.1) is 0 Å². The Morgan fingerprint density at radius 3 is 2.20 bits per heavy atom. The van der Waals surface area contributed by atoms with Gasteiger partial charge in [0.15, 0.2) is 5.11 Å². The predicted octanol–water partition coefficient (Wildman–Crippen LogP) is 5.13. The second-order valence-corrected chi connectivity index (χ2v) is 6.69. The van der Waals surface area contributed by atoms with Gasteiger partial charge >= 0.3 is 5.97 Å². The van der Waals surface area contributed by atoms with Gasteiger partial charge in [-0.25, -0.2) is 4.79 Å². The van der Waals surface area contributed by atoms with Crippen LogP contribution in [0.5, 0.6) is 0 Å². The molecule has 0 aliphatic rings. The van der Waals surface area contributed by atoms with E-state index in [4.69, 9.17) is 63.7 Å². The Bertz CT molecular complexity index is 889.